The summed E-state index contributed by atoms with van der Waals surface area (Å²) in [6.45, 7) is 4.89. The first-order valence-corrected chi connectivity index (χ1v) is 13.3. The number of rotatable bonds is 5. The zero-order chi connectivity index (χ0) is 14.9. The molecule has 0 aliphatic heterocycles. The van der Waals surface area contributed by atoms with Crippen LogP contribution in [0.1, 0.15) is 90.9 Å². The summed E-state index contributed by atoms with van der Waals surface area (Å²) in [5, 5.41) is 0. The van der Waals surface area contributed by atoms with Gasteiger partial charge in [0.25, 0.3) is 0 Å². The van der Waals surface area contributed by atoms with Crippen LogP contribution in [0.3, 0.4) is 0 Å². The summed E-state index contributed by atoms with van der Waals surface area (Å²) in [6.07, 6.45) is 19.0. The summed E-state index contributed by atoms with van der Waals surface area (Å²) in [5.41, 5.74) is 2.81. The number of hydrogen-bond donors (Lipinski definition) is 0. The predicted molar refractivity (Wildman–Crippen MR) is 99.2 cm³/mol. The molecule has 0 spiro atoms. The first-order chi connectivity index (χ1) is 10.1. The Morgan fingerprint density at radius 1 is 0.714 bits per heavy atom. The Kier molecular flexibility index (Phi) is 4.98. The molecule has 3 aliphatic carbocycles. The molecule has 0 heterocycles. The van der Waals surface area contributed by atoms with E-state index in [1.165, 1.54) is 83.2 Å². The van der Waals surface area contributed by atoms with Gasteiger partial charge >= 0.3 is 137 Å². The van der Waals surface area contributed by atoms with Crippen LogP contribution in [-0.4, -0.2) is 23.1 Å². The molecule has 21 heavy (non-hydrogen) atoms. The SMILES string of the molecule is CC(C)CP(Cl)(C1CCCC1)(C1CCCC1)C1CCCC1. The average Bonchev–Trinajstić information content (AvgIpc) is 3.20. The molecule has 0 aromatic rings. The van der Waals surface area contributed by atoms with Crippen LogP contribution in [0.15, 0.2) is 0 Å². The Bertz CT molecular complexity index is 303. The first kappa shape index (κ1) is 16.6. The fourth-order valence-electron chi connectivity index (χ4n) is 6.56. The molecule has 0 N–H and O–H groups in total. The van der Waals surface area contributed by atoms with Crippen molar-refractivity contribution in [2.24, 2.45) is 5.92 Å². The van der Waals surface area contributed by atoms with Gasteiger partial charge in [0.1, 0.15) is 0 Å². The molecule has 0 amide bonds. The second-order valence-electron chi connectivity index (χ2n) is 8.80. The van der Waals surface area contributed by atoms with Crippen LogP contribution in [0, 0.1) is 5.92 Å². The Hall–Kier alpha value is 0.720. The summed E-state index contributed by atoms with van der Waals surface area (Å²) >= 11 is 8.14. The summed E-state index contributed by atoms with van der Waals surface area (Å²) in [4.78, 5) is 0. The predicted octanol–water partition coefficient (Wildman–Crippen LogP) is 7.18. The van der Waals surface area contributed by atoms with Gasteiger partial charge in [-0.3, -0.25) is 0 Å². The van der Waals surface area contributed by atoms with Crippen molar-refractivity contribution in [3.05, 3.63) is 0 Å². The third-order valence-electron chi connectivity index (χ3n) is 7.18. The van der Waals surface area contributed by atoms with Crippen molar-refractivity contribution >= 4 is 17.2 Å². The van der Waals surface area contributed by atoms with Crippen LogP contribution in [0.4, 0.5) is 0 Å². The van der Waals surface area contributed by atoms with E-state index in [4.69, 9.17) is 11.2 Å². The molecule has 0 nitrogen and oxygen atoms in total. The molecule has 2 heteroatoms. The number of halogens is 1. The Balaban J connectivity index is 2.03. The summed E-state index contributed by atoms with van der Waals surface area (Å²) in [7, 11) is 0. The summed E-state index contributed by atoms with van der Waals surface area (Å²) in [6, 6.07) is 0. The van der Waals surface area contributed by atoms with E-state index in [0.29, 0.717) is 0 Å². The van der Waals surface area contributed by atoms with Crippen molar-refractivity contribution < 1.29 is 0 Å². The molecule has 0 aromatic heterocycles. The van der Waals surface area contributed by atoms with E-state index >= 15 is 0 Å². The van der Waals surface area contributed by atoms with Crippen molar-refractivity contribution in [2.75, 3.05) is 6.16 Å². The van der Waals surface area contributed by atoms with Gasteiger partial charge in [0, 0.05) is 0 Å². The fraction of sp³-hybridized carbons (Fsp3) is 1.00. The molecule has 0 bridgehead atoms. The normalized spacial score (nSPS) is 28.5. The number of hydrogen-bond acceptors (Lipinski definition) is 0. The molecular weight excluding hydrogens is 295 g/mol. The van der Waals surface area contributed by atoms with Gasteiger partial charge in [-0.1, -0.05) is 0 Å². The molecule has 0 saturated heterocycles. The Labute approximate surface area is 137 Å². The van der Waals surface area contributed by atoms with E-state index in [-0.39, 0.29) is 0 Å². The van der Waals surface area contributed by atoms with E-state index in [1.807, 2.05) is 0 Å². The van der Waals surface area contributed by atoms with Crippen LogP contribution in [0.2, 0.25) is 0 Å². The third-order valence-corrected chi connectivity index (χ3v) is 18.0. The molecule has 0 aromatic carbocycles. The van der Waals surface area contributed by atoms with Crippen LogP contribution in [0.25, 0.3) is 0 Å². The van der Waals surface area contributed by atoms with Crippen LogP contribution >= 0.6 is 17.2 Å². The molecule has 0 radical (unpaired) electrons. The quantitative estimate of drug-likeness (QED) is 0.468. The second kappa shape index (κ2) is 6.32. The van der Waals surface area contributed by atoms with Crippen molar-refractivity contribution in [3.8, 4) is 0 Å². The minimum absolute atomic E-state index is 0.793. The van der Waals surface area contributed by atoms with Gasteiger partial charge in [-0.25, -0.2) is 0 Å². The van der Waals surface area contributed by atoms with Gasteiger partial charge in [-0.15, -0.1) is 0 Å². The van der Waals surface area contributed by atoms with Crippen molar-refractivity contribution in [1.82, 2.24) is 0 Å². The van der Waals surface area contributed by atoms with Crippen LogP contribution < -0.4 is 0 Å². The van der Waals surface area contributed by atoms with E-state index in [2.05, 4.69) is 13.8 Å². The van der Waals surface area contributed by atoms with E-state index in [9.17, 15) is 0 Å². The van der Waals surface area contributed by atoms with Crippen molar-refractivity contribution in [2.45, 2.75) is 108 Å². The van der Waals surface area contributed by atoms with E-state index in [0.717, 1.165) is 22.9 Å². The topological polar surface area (TPSA) is 0 Å². The molecule has 0 unspecified atom stereocenters. The maximum absolute atomic E-state index is 8.14. The van der Waals surface area contributed by atoms with Crippen molar-refractivity contribution in [3.63, 3.8) is 0 Å². The van der Waals surface area contributed by atoms with E-state index < -0.39 is 5.96 Å². The van der Waals surface area contributed by atoms with Gasteiger partial charge in [0.2, 0.25) is 0 Å². The van der Waals surface area contributed by atoms with Gasteiger partial charge in [0.15, 0.2) is 0 Å². The van der Waals surface area contributed by atoms with Crippen LogP contribution in [-0.2, 0) is 0 Å². The van der Waals surface area contributed by atoms with E-state index in [1.54, 1.807) is 0 Å². The molecule has 3 rings (SSSR count). The molecular formula is C19H36ClP. The monoisotopic (exact) mass is 330 g/mol. The molecule has 3 aliphatic rings. The van der Waals surface area contributed by atoms with Crippen LogP contribution in [0.5, 0.6) is 0 Å². The zero-order valence-electron chi connectivity index (χ0n) is 14.3. The van der Waals surface area contributed by atoms with Gasteiger partial charge in [0.05, 0.1) is 0 Å². The van der Waals surface area contributed by atoms with Gasteiger partial charge < -0.3 is 0 Å². The summed E-state index contributed by atoms with van der Waals surface area (Å²) < 4.78 is 0. The Morgan fingerprint density at radius 3 is 1.24 bits per heavy atom. The molecule has 3 fully saturated rings. The minimum atomic E-state index is -2.09. The summed E-state index contributed by atoms with van der Waals surface area (Å²) in [5.74, 6) is -1.30. The maximum atomic E-state index is 8.14. The van der Waals surface area contributed by atoms with Crippen molar-refractivity contribution in [1.29, 1.82) is 0 Å². The molecule has 0 atom stereocenters. The molecule has 124 valence electrons. The Morgan fingerprint density at radius 2 is 1.00 bits per heavy atom. The fourth-order valence-corrected chi connectivity index (χ4v) is 17.9. The van der Waals surface area contributed by atoms with Gasteiger partial charge in [-0.2, -0.15) is 0 Å². The van der Waals surface area contributed by atoms with Gasteiger partial charge in [-0.05, 0) is 0 Å². The molecule has 3 saturated carbocycles. The first-order valence-electron chi connectivity index (χ1n) is 9.77. The average molecular weight is 331 g/mol. The standard InChI is InChI=1S/C19H36ClP/c1-16(2)15-21(20,17-9-3-4-10-17,18-11-5-6-12-18)19-13-7-8-14-19/h16-19H,3-15H2,1-2H3. The second-order valence-corrected chi connectivity index (χ2v) is 16.6. The zero-order valence-corrected chi connectivity index (χ0v) is 16.0. The third kappa shape index (κ3) is 2.71.